The van der Waals surface area contributed by atoms with Crippen LogP contribution in [0.5, 0.6) is 0 Å². The van der Waals surface area contributed by atoms with Gasteiger partial charge >= 0.3 is 0 Å². The van der Waals surface area contributed by atoms with E-state index in [1.54, 1.807) is 19.1 Å². The summed E-state index contributed by atoms with van der Waals surface area (Å²) in [6.45, 7) is 1.77. The van der Waals surface area contributed by atoms with E-state index in [0.717, 1.165) is 0 Å². The van der Waals surface area contributed by atoms with Crippen LogP contribution >= 0.6 is 15.9 Å². The van der Waals surface area contributed by atoms with E-state index in [1.807, 2.05) is 0 Å². The van der Waals surface area contributed by atoms with Crippen molar-refractivity contribution in [3.8, 4) is 0 Å². The molecular weight excluding hydrogens is 334 g/mol. The molecule has 0 fully saturated rings. The zero-order valence-corrected chi connectivity index (χ0v) is 13.1. The Bertz CT molecular complexity index is 587. The van der Waals surface area contributed by atoms with E-state index in [2.05, 4.69) is 26.0 Å². The Morgan fingerprint density at radius 1 is 1.42 bits per heavy atom. The van der Waals surface area contributed by atoms with Gasteiger partial charge < -0.3 is 11.1 Å². The van der Waals surface area contributed by atoms with Gasteiger partial charge in [0, 0.05) is 22.3 Å². The first-order valence-electron chi connectivity index (χ1n) is 5.52. The minimum Gasteiger partial charge on any atom is -0.398 e. The number of anilines is 1. The van der Waals surface area contributed by atoms with Crippen molar-refractivity contribution < 1.29 is 13.2 Å². The standard InChI is InChI=1S/C11H16BrN3O3S/c1-7-9(5-8(12)6-10(7)13)11(16)15-3-4-19(17,18)14-2/h5-6,14H,3-4,13H2,1-2H3,(H,15,16). The fourth-order valence-electron chi connectivity index (χ4n) is 1.43. The lowest BCUT2D eigenvalue weighted by Crippen LogP contribution is -2.33. The number of hydrogen-bond donors (Lipinski definition) is 3. The second kappa shape index (κ2) is 6.36. The van der Waals surface area contributed by atoms with Crippen molar-refractivity contribution in [1.82, 2.24) is 10.0 Å². The van der Waals surface area contributed by atoms with E-state index in [-0.39, 0.29) is 18.2 Å². The molecule has 4 N–H and O–H groups in total. The molecule has 1 aromatic carbocycles. The van der Waals surface area contributed by atoms with E-state index < -0.39 is 10.0 Å². The maximum absolute atomic E-state index is 11.9. The first-order valence-corrected chi connectivity index (χ1v) is 7.96. The van der Waals surface area contributed by atoms with Crippen LogP contribution in [0.15, 0.2) is 16.6 Å². The maximum atomic E-state index is 11.9. The van der Waals surface area contributed by atoms with Gasteiger partial charge in [0.15, 0.2) is 0 Å². The van der Waals surface area contributed by atoms with E-state index in [1.165, 1.54) is 7.05 Å². The molecule has 0 unspecified atom stereocenters. The molecular formula is C11H16BrN3O3S. The summed E-state index contributed by atoms with van der Waals surface area (Å²) in [6, 6.07) is 3.35. The molecule has 0 aromatic heterocycles. The fourth-order valence-corrected chi connectivity index (χ4v) is 2.48. The number of rotatable bonds is 5. The molecule has 106 valence electrons. The summed E-state index contributed by atoms with van der Waals surface area (Å²) in [4.78, 5) is 11.9. The molecule has 8 heteroatoms. The summed E-state index contributed by atoms with van der Waals surface area (Å²) >= 11 is 3.26. The summed E-state index contributed by atoms with van der Waals surface area (Å²) in [6.07, 6.45) is 0. The molecule has 0 aliphatic heterocycles. The van der Waals surface area contributed by atoms with Gasteiger partial charge in [0.1, 0.15) is 0 Å². The highest BCUT2D eigenvalue weighted by molar-refractivity contribution is 9.10. The molecule has 0 aliphatic carbocycles. The number of nitrogens with one attached hydrogen (secondary N) is 2. The van der Waals surface area contributed by atoms with Gasteiger partial charge in [-0.2, -0.15) is 0 Å². The molecule has 0 spiro atoms. The molecule has 0 saturated heterocycles. The monoisotopic (exact) mass is 349 g/mol. The number of sulfonamides is 1. The van der Waals surface area contributed by atoms with Crippen molar-refractivity contribution in [1.29, 1.82) is 0 Å². The van der Waals surface area contributed by atoms with E-state index in [9.17, 15) is 13.2 Å². The molecule has 1 aromatic rings. The van der Waals surface area contributed by atoms with Crippen LogP contribution in [-0.4, -0.2) is 33.7 Å². The predicted octanol–water partition coefficient (Wildman–Crippen LogP) is 0.619. The Balaban J connectivity index is 2.75. The Morgan fingerprint density at radius 2 is 2.05 bits per heavy atom. The van der Waals surface area contributed by atoms with Gasteiger partial charge in [-0.05, 0) is 31.7 Å². The fraction of sp³-hybridized carbons (Fsp3) is 0.364. The Labute approximate surface area is 120 Å². The molecule has 19 heavy (non-hydrogen) atoms. The van der Waals surface area contributed by atoms with Gasteiger partial charge in [-0.1, -0.05) is 15.9 Å². The highest BCUT2D eigenvalue weighted by atomic mass is 79.9. The molecule has 6 nitrogen and oxygen atoms in total. The average molecular weight is 350 g/mol. The van der Waals surface area contributed by atoms with Crippen molar-refractivity contribution in [2.45, 2.75) is 6.92 Å². The minimum absolute atomic E-state index is 0.0356. The normalized spacial score (nSPS) is 11.3. The highest BCUT2D eigenvalue weighted by Crippen LogP contribution is 2.22. The molecule has 0 heterocycles. The van der Waals surface area contributed by atoms with Crippen LogP contribution in [0.2, 0.25) is 0 Å². The van der Waals surface area contributed by atoms with Crippen molar-refractivity contribution in [2.24, 2.45) is 0 Å². The van der Waals surface area contributed by atoms with Crippen LogP contribution in [0.4, 0.5) is 5.69 Å². The zero-order valence-electron chi connectivity index (χ0n) is 10.7. The lowest BCUT2D eigenvalue weighted by molar-refractivity contribution is 0.0955. The Morgan fingerprint density at radius 3 is 2.63 bits per heavy atom. The number of benzene rings is 1. The van der Waals surface area contributed by atoms with Crippen molar-refractivity contribution >= 4 is 37.5 Å². The number of amides is 1. The second-order valence-electron chi connectivity index (χ2n) is 3.95. The third-order valence-electron chi connectivity index (χ3n) is 2.62. The summed E-state index contributed by atoms with van der Waals surface area (Å²) in [7, 11) is -1.99. The summed E-state index contributed by atoms with van der Waals surface area (Å²) in [5, 5.41) is 2.55. The molecule has 1 rings (SSSR count). The molecule has 1 amide bonds. The smallest absolute Gasteiger partial charge is 0.251 e. The summed E-state index contributed by atoms with van der Waals surface area (Å²) in [5.74, 6) is -0.519. The lowest BCUT2D eigenvalue weighted by atomic mass is 10.1. The summed E-state index contributed by atoms with van der Waals surface area (Å²) in [5.41, 5.74) is 7.35. The highest BCUT2D eigenvalue weighted by Gasteiger charge is 2.13. The number of hydrogen-bond acceptors (Lipinski definition) is 4. The van der Waals surface area contributed by atoms with Crippen LogP contribution in [0, 0.1) is 6.92 Å². The third-order valence-corrected chi connectivity index (χ3v) is 4.45. The van der Waals surface area contributed by atoms with Gasteiger partial charge in [0.2, 0.25) is 10.0 Å². The number of halogens is 1. The van der Waals surface area contributed by atoms with Crippen molar-refractivity contribution in [2.75, 3.05) is 25.1 Å². The van der Waals surface area contributed by atoms with Crippen LogP contribution in [0.3, 0.4) is 0 Å². The Hall–Kier alpha value is -1.12. The topological polar surface area (TPSA) is 101 Å². The van der Waals surface area contributed by atoms with Gasteiger partial charge in [0.05, 0.1) is 5.75 Å². The molecule has 0 atom stereocenters. The molecule has 0 radical (unpaired) electrons. The predicted molar refractivity (Wildman–Crippen MR) is 78.5 cm³/mol. The third kappa shape index (κ3) is 4.48. The summed E-state index contributed by atoms with van der Waals surface area (Å²) < 4.78 is 25.3. The molecule has 0 bridgehead atoms. The SMILES string of the molecule is CNS(=O)(=O)CCNC(=O)c1cc(Br)cc(N)c1C. The van der Waals surface area contributed by atoms with Crippen molar-refractivity contribution in [3.63, 3.8) is 0 Å². The second-order valence-corrected chi connectivity index (χ2v) is 6.91. The zero-order chi connectivity index (χ0) is 14.6. The largest absolute Gasteiger partial charge is 0.398 e. The van der Waals surface area contributed by atoms with Crippen LogP contribution < -0.4 is 15.8 Å². The lowest BCUT2D eigenvalue weighted by Gasteiger charge is -2.10. The molecule has 0 aliphatic rings. The van der Waals surface area contributed by atoms with Crippen LogP contribution in [-0.2, 0) is 10.0 Å². The maximum Gasteiger partial charge on any atom is 0.251 e. The number of nitrogens with two attached hydrogens (primary N) is 1. The average Bonchev–Trinajstić information content (AvgIpc) is 2.33. The van der Waals surface area contributed by atoms with Gasteiger partial charge in [-0.3, -0.25) is 4.79 Å². The minimum atomic E-state index is -3.32. The van der Waals surface area contributed by atoms with E-state index in [4.69, 9.17) is 5.73 Å². The van der Waals surface area contributed by atoms with Gasteiger partial charge in [-0.25, -0.2) is 13.1 Å². The quantitative estimate of drug-likeness (QED) is 0.678. The number of carbonyl (C=O) groups excluding carboxylic acids is 1. The first kappa shape index (κ1) is 15.9. The van der Waals surface area contributed by atoms with E-state index in [0.29, 0.717) is 21.3 Å². The van der Waals surface area contributed by atoms with E-state index >= 15 is 0 Å². The van der Waals surface area contributed by atoms with Crippen LogP contribution in [0.25, 0.3) is 0 Å². The molecule has 0 saturated carbocycles. The Kier molecular flexibility index (Phi) is 5.33. The number of carbonyl (C=O) groups is 1. The first-order chi connectivity index (χ1) is 8.76. The van der Waals surface area contributed by atoms with Crippen molar-refractivity contribution in [3.05, 3.63) is 27.7 Å². The van der Waals surface area contributed by atoms with Gasteiger partial charge in [0.25, 0.3) is 5.91 Å². The van der Waals surface area contributed by atoms with Crippen LogP contribution in [0.1, 0.15) is 15.9 Å². The number of nitrogen functional groups attached to an aromatic ring is 1. The van der Waals surface area contributed by atoms with Gasteiger partial charge in [-0.15, -0.1) is 0 Å².